The van der Waals surface area contributed by atoms with Crippen LogP contribution in [0.3, 0.4) is 0 Å². The molecule has 3 rings (SSSR count). The number of aromatic hydroxyl groups is 1. The fourth-order valence-electron chi connectivity index (χ4n) is 2.98. The maximum atomic E-state index is 11.9. The first-order valence-electron chi connectivity index (χ1n) is 9.58. The second-order valence-corrected chi connectivity index (χ2v) is 6.97. The lowest BCUT2D eigenvalue weighted by molar-refractivity contribution is -0.278. The SMILES string of the molecule is O=C(C=Cc1ccccc1)OC[C@H]1O[C@@H](Oc2ccc(CO)cc2O)[C@H](O)[C@H](O)[C@@H]1O. The van der Waals surface area contributed by atoms with Gasteiger partial charge in [0.2, 0.25) is 6.29 Å². The minimum Gasteiger partial charge on any atom is -0.504 e. The maximum absolute atomic E-state index is 11.9. The summed E-state index contributed by atoms with van der Waals surface area (Å²) in [5, 5.41) is 49.5. The Balaban J connectivity index is 1.61. The van der Waals surface area contributed by atoms with Crippen LogP contribution in [0.5, 0.6) is 11.5 Å². The van der Waals surface area contributed by atoms with Gasteiger partial charge in [0.15, 0.2) is 11.5 Å². The average Bonchev–Trinajstić information content (AvgIpc) is 2.79. The van der Waals surface area contributed by atoms with Gasteiger partial charge in [0, 0.05) is 6.08 Å². The number of hydrogen-bond donors (Lipinski definition) is 5. The zero-order valence-electron chi connectivity index (χ0n) is 16.4. The van der Waals surface area contributed by atoms with Gasteiger partial charge in [0.1, 0.15) is 31.0 Å². The molecule has 1 heterocycles. The van der Waals surface area contributed by atoms with Crippen molar-refractivity contribution in [3.63, 3.8) is 0 Å². The van der Waals surface area contributed by atoms with Gasteiger partial charge in [-0.15, -0.1) is 0 Å². The van der Waals surface area contributed by atoms with Crippen molar-refractivity contribution in [2.24, 2.45) is 0 Å². The summed E-state index contributed by atoms with van der Waals surface area (Å²) < 4.78 is 16.0. The highest BCUT2D eigenvalue weighted by Crippen LogP contribution is 2.31. The summed E-state index contributed by atoms with van der Waals surface area (Å²) in [6.07, 6.45) is -4.66. The van der Waals surface area contributed by atoms with Crippen LogP contribution in [0.2, 0.25) is 0 Å². The summed E-state index contributed by atoms with van der Waals surface area (Å²) in [6, 6.07) is 13.2. The molecule has 31 heavy (non-hydrogen) atoms. The molecular weight excluding hydrogens is 408 g/mol. The minimum atomic E-state index is -1.64. The largest absolute Gasteiger partial charge is 0.504 e. The first kappa shape index (κ1) is 22.7. The lowest BCUT2D eigenvalue weighted by Crippen LogP contribution is -2.60. The molecule has 0 radical (unpaired) electrons. The van der Waals surface area contributed by atoms with Crippen LogP contribution in [0.1, 0.15) is 11.1 Å². The van der Waals surface area contributed by atoms with Crippen LogP contribution < -0.4 is 4.74 Å². The number of ether oxygens (including phenoxy) is 3. The summed E-state index contributed by atoms with van der Waals surface area (Å²) in [6.45, 7) is -0.689. The summed E-state index contributed by atoms with van der Waals surface area (Å²) >= 11 is 0. The molecule has 166 valence electrons. The van der Waals surface area contributed by atoms with Gasteiger partial charge in [0.05, 0.1) is 6.61 Å². The summed E-state index contributed by atoms with van der Waals surface area (Å²) in [5.41, 5.74) is 1.24. The number of rotatable bonds is 7. The molecule has 5 atom stereocenters. The van der Waals surface area contributed by atoms with E-state index in [4.69, 9.17) is 19.3 Å². The summed E-state index contributed by atoms with van der Waals surface area (Å²) in [4.78, 5) is 11.9. The first-order chi connectivity index (χ1) is 14.9. The number of aliphatic hydroxyl groups is 4. The molecule has 0 spiro atoms. The van der Waals surface area contributed by atoms with E-state index in [1.807, 2.05) is 18.2 Å². The third-order valence-electron chi connectivity index (χ3n) is 4.72. The van der Waals surface area contributed by atoms with Crippen molar-refractivity contribution in [1.29, 1.82) is 0 Å². The Bertz CT molecular complexity index is 899. The second-order valence-electron chi connectivity index (χ2n) is 6.97. The number of benzene rings is 2. The molecule has 0 amide bonds. The molecule has 0 aliphatic carbocycles. The minimum absolute atomic E-state index is 0.0635. The van der Waals surface area contributed by atoms with E-state index in [0.717, 1.165) is 5.56 Å². The molecule has 0 saturated carbocycles. The van der Waals surface area contributed by atoms with Crippen LogP contribution in [-0.2, 0) is 20.9 Å². The zero-order chi connectivity index (χ0) is 22.4. The highest BCUT2D eigenvalue weighted by Gasteiger charge is 2.45. The van der Waals surface area contributed by atoms with Gasteiger partial charge in [0.25, 0.3) is 0 Å². The van der Waals surface area contributed by atoms with Crippen LogP contribution in [-0.4, -0.2) is 68.8 Å². The van der Waals surface area contributed by atoms with Gasteiger partial charge in [-0.05, 0) is 29.3 Å². The Morgan fingerprint density at radius 3 is 2.45 bits per heavy atom. The van der Waals surface area contributed by atoms with Gasteiger partial charge >= 0.3 is 5.97 Å². The van der Waals surface area contributed by atoms with E-state index in [2.05, 4.69) is 0 Å². The van der Waals surface area contributed by atoms with Crippen molar-refractivity contribution >= 4 is 12.0 Å². The van der Waals surface area contributed by atoms with Crippen LogP contribution in [0.15, 0.2) is 54.6 Å². The molecule has 9 heteroatoms. The Labute approximate surface area is 178 Å². The standard InChI is InChI=1S/C22H24O9/c23-11-14-6-8-16(15(24)10-14)30-22-21(28)20(27)19(26)17(31-22)12-29-18(25)9-7-13-4-2-1-3-5-13/h1-10,17,19-24,26-28H,11-12H2/t17-,19-,20-,21-,22-/m1/s1. The van der Waals surface area contributed by atoms with Gasteiger partial charge in [-0.25, -0.2) is 4.79 Å². The molecule has 0 aromatic heterocycles. The Morgan fingerprint density at radius 1 is 1.03 bits per heavy atom. The van der Waals surface area contributed by atoms with E-state index in [0.29, 0.717) is 5.56 Å². The topological polar surface area (TPSA) is 146 Å². The van der Waals surface area contributed by atoms with Gasteiger partial charge in [-0.2, -0.15) is 0 Å². The molecule has 1 saturated heterocycles. The Morgan fingerprint density at radius 2 is 1.77 bits per heavy atom. The number of esters is 1. The maximum Gasteiger partial charge on any atom is 0.330 e. The van der Waals surface area contributed by atoms with E-state index in [9.17, 15) is 25.2 Å². The molecule has 5 N–H and O–H groups in total. The van der Waals surface area contributed by atoms with Crippen molar-refractivity contribution in [3.05, 3.63) is 65.7 Å². The van der Waals surface area contributed by atoms with Gasteiger partial charge in [-0.3, -0.25) is 0 Å². The van der Waals surface area contributed by atoms with Crippen molar-refractivity contribution in [2.45, 2.75) is 37.3 Å². The lowest BCUT2D eigenvalue weighted by Gasteiger charge is -2.39. The molecule has 1 aliphatic heterocycles. The molecule has 2 aromatic carbocycles. The average molecular weight is 432 g/mol. The molecule has 1 aliphatic rings. The smallest absolute Gasteiger partial charge is 0.330 e. The number of hydrogen-bond acceptors (Lipinski definition) is 9. The van der Waals surface area contributed by atoms with E-state index < -0.39 is 43.3 Å². The van der Waals surface area contributed by atoms with Crippen molar-refractivity contribution < 1.29 is 44.5 Å². The molecule has 9 nitrogen and oxygen atoms in total. The zero-order valence-corrected chi connectivity index (χ0v) is 16.4. The lowest BCUT2D eigenvalue weighted by atomic mass is 9.99. The third-order valence-corrected chi connectivity index (χ3v) is 4.72. The fourth-order valence-corrected chi connectivity index (χ4v) is 2.98. The van der Waals surface area contributed by atoms with Crippen molar-refractivity contribution in [1.82, 2.24) is 0 Å². The highest BCUT2D eigenvalue weighted by atomic mass is 16.7. The fraction of sp³-hybridized carbons (Fsp3) is 0.318. The predicted octanol–water partition coefficient (Wildman–Crippen LogP) is 0.327. The number of carbonyl (C=O) groups is 1. The van der Waals surface area contributed by atoms with Crippen molar-refractivity contribution in [3.8, 4) is 11.5 Å². The Kier molecular flexibility index (Phi) is 7.61. The van der Waals surface area contributed by atoms with Crippen molar-refractivity contribution in [2.75, 3.05) is 6.61 Å². The number of phenols is 1. The van der Waals surface area contributed by atoms with Crippen LogP contribution in [0, 0.1) is 0 Å². The number of phenolic OH excluding ortho intramolecular Hbond substituents is 1. The monoisotopic (exact) mass is 432 g/mol. The van der Waals surface area contributed by atoms with E-state index in [1.165, 1.54) is 24.3 Å². The normalized spacial score (nSPS) is 26.0. The predicted molar refractivity (Wildman–Crippen MR) is 108 cm³/mol. The van der Waals surface area contributed by atoms with E-state index in [1.54, 1.807) is 18.2 Å². The van der Waals surface area contributed by atoms with E-state index >= 15 is 0 Å². The van der Waals surface area contributed by atoms with Crippen LogP contribution >= 0.6 is 0 Å². The quantitative estimate of drug-likeness (QED) is 0.308. The van der Waals surface area contributed by atoms with Crippen LogP contribution in [0.4, 0.5) is 0 Å². The third kappa shape index (κ3) is 5.81. The first-order valence-corrected chi connectivity index (χ1v) is 9.58. The summed E-state index contributed by atoms with van der Waals surface area (Å²) in [7, 11) is 0. The molecular formula is C22H24O9. The van der Waals surface area contributed by atoms with Gasteiger partial charge in [-0.1, -0.05) is 36.4 Å². The molecule has 1 fully saturated rings. The number of carbonyl (C=O) groups excluding carboxylic acids is 1. The molecule has 2 aromatic rings. The molecule has 0 unspecified atom stereocenters. The van der Waals surface area contributed by atoms with E-state index in [-0.39, 0.29) is 18.1 Å². The molecule has 0 bridgehead atoms. The number of aliphatic hydroxyl groups excluding tert-OH is 4. The highest BCUT2D eigenvalue weighted by molar-refractivity contribution is 5.87. The van der Waals surface area contributed by atoms with Crippen LogP contribution in [0.25, 0.3) is 6.08 Å². The van der Waals surface area contributed by atoms with Gasteiger partial charge < -0.3 is 39.7 Å². The second kappa shape index (κ2) is 10.4. The summed E-state index contributed by atoms with van der Waals surface area (Å²) in [5.74, 6) is -1.06. The Hall–Kier alpha value is -2.95.